The van der Waals surface area contributed by atoms with Crippen LogP contribution in [0.2, 0.25) is 0 Å². The van der Waals surface area contributed by atoms with Gasteiger partial charge < -0.3 is 10.1 Å². The Bertz CT molecular complexity index is 853. The molecule has 0 fully saturated rings. The van der Waals surface area contributed by atoms with Crippen molar-refractivity contribution in [2.24, 2.45) is 0 Å². The number of carbonyl (C=O) groups is 1. The largest absolute Gasteiger partial charge is 0.495 e. The van der Waals surface area contributed by atoms with Crippen LogP contribution in [0.3, 0.4) is 0 Å². The number of amides is 1. The van der Waals surface area contributed by atoms with Gasteiger partial charge in [0.15, 0.2) is 0 Å². The first kappa shape index (κ1) is 19.6. The lowest BCUT2D eigenvalue weighted by Gasteiger charge is -2.22. The summed E-state index contributed by atoms with van der Waals surface area (Å²) >= 11 is 0. The van der Waals surface area contributed by atoms with Gasteiger partial charge >= 0.3 is 0 Å². The van der Waals surface area contributed by atoms with E-state index in [4.69, 9.17) is 4.74 Å². The minimum Gasteiger partial charge on any atom is -0.495 e. The van der Waals surface area contributed by atoms with E-state index in [2.05, 4.69) is 34.5 Å². The molecule has 3 rings (SSSR count). The molecule has 0 atom stereocenters. The number of anilines is 1. The van der Waals surface area contributed by atoms with Crippen molar-refractivity contribution in [3.8, 4) is 5.75 Å². The van der Waals surface area contributed by atoms with Crippen LogP contribution in [0.25, 0.3) is 0 Å². The van der Waals surface area contributed by atoms with Crippen LogP contribution in [0.5, 0.6) is 5.75 Å². The molecule has 0 aliphatic carbocycles. The van der Waals surface area contributed by atoms with E-state index in [-0.39, 0.29) is 5.91 Å². The predicted molar refractivity (Wildman–Crippen MR) is 113 cm³/mol. The number of benzene rings is 3. The van der Waals surface area contributed by atoms with E-state index < -0.39 is 0 Å². The van der Waals surface area contributed by atoms with Crippen LogP contribution in [0.4, 0.5) is 5.69 Å². The SMILES string of the molecule is COc1ccc(C)cc1NC(=O)CN(Cc1ccccc1)Cc1ccccc1. The maximum Gasteiger partial charge on any atom is 0.238 e. The van der Waals surface area contributed by atoms with Gasteiger partial charge in [-0.15, -0.1) is 0 Å². The van der Waals surface area contributed by atoms with Crippen molar-refractivity contribution < 1.29 is 9.53 Å². The number of carbonyl (C=O) groups excluding carboxylic acids is 1. The first-order valence-electron chi connectivity index (χ1n) is 9.39. The first-order chi connectivity index (χ1) is 13.6. The van der Waals surface area contributed by atoms with Crippen molar-refractivity contribution in [3.63, 3.8) is 0 Å². The van der Waals surface area contributed by atoms with Crippen molar-refractivity contribution >= 4 is 11.6 Å². The molecule has 0 saturated heterocycles. The van der Waals surface area contributed by atoms with Crippen LogP contribution in [0.15, 0.2) is 78.9 Å². The van der Waals surface area contributed by atoms with E-state index >= 15 is 0 Å². The molecule has 0 spiro atoms. The van der Waals surface area contributed by atoms with Crippen molar-refractivity contribution in [1.29, 1.82) is 0 Å². The second-order valence-corrected chi connectivity index (χ2v) is 6.87. The zero-order valence-corrected chi connectivity index (χ0v) is 16.4. The Hall–Kier alpha value is -3.11. The molecule has 4 heteroatoms. The summed E-state index contributed by atoms with van der Waals surface area (Å²) in [5, 5.41) is 3.00. The summed E-state index contributed by atoms with van der Waals surface area (Å²) in [6.45, 7) is 3.69. The quantitative estimate of drug-likeness (QED) is 0.624. The zero-order valence-electron chi connectivity index (χ0n) is 16.4. The van der Waals surface area contributed by atoms with Crippen molar-refractivity contribution in [3.05, 3.63) is 95.6 Å². The number of nitrogens with one attached hydrogen (secondary N) is 1. The van der Waals surface area contributed by atoms with Crippen LogP contribution < -0.4 is 10.1 Å². The summed E-state index contributed by atoms with van der Waals surface area (Å²) in [4.78, 5) is 14.9. The smallest absolute Gasteiger partial charge is 0.238 e. The third-order valence-electron chi connectivity index (χ3n) is 4.49. The Labute approximate surface area is 166 Å². The van der Waals surface area contributed by atoms with Gasteiger partial charge in [-0.1, -0.05) is 66.7 Å². The van der Waals surface area contributed by atoms with E-state index in [1.165, 1.54) is 11.1 Å². The second kappa shape index (κ2) is 9.72. The van der Waals surface area contributed by atoms with Gasteiger partial charge in [-0.3, -0.25) is 9.69 Å². The summed E-state index contributed by atoms with van der Waals surface area (Å²) in [5.41, 5.74) is 4.13. The highest BCUT2D eigenvalue weighted by Crippen LogP contribution is 2.25. The van der Waals surface area contributed by atoms with Crippen LogP contribution >= 0.6 is 0 Å². The fourth-order valence-corrected chi connectivity index (χ4v) is 3.16. The summed E-state index contributed by atoms with van der Waals surface area (Å²) < 4.78 is 5.37. The maximum atomic E-state index is 12.8. The van der Waals surface area contributed by atoms with Gasteiger partial charge in [0.25, 0.3) is 0 Å². The van der Waals surface area contributed by atoms with Gasteiger partial charge in [-0.25, -0.2) is 0 Å². The Balaban J connectivity index is 1.72. The Morgan fingerprint density at radius 1 is 0.893 bits per heavy atom. The summed E-state index contributed by atoms with van der Waals surface area (Å²) in [5.74, 6) is 0.604. The van der Waals surface area contributed by atoms with Gasteiger partial charge in [-0.05, 0) is 35.7 Å². The van der Waals surface area contributed by atoms with Crippen LogP contribution in [-0.4, -0.2) is 24.5 Å². The van der Waals surface area contributed by atoms with E-state index in [0.29, 0.717) is 31.1 Å². The lowest BCUT2D eigenvalue weighted by molar-refractivity contribution is -0.117. The lowest BCUT2D eigenvalue weighted by Crippen LogP contribution is -2.32. The van der Waals surface area contributed by atoms with E-state index in [1.807, 2.05) is 61.5 Å². The number of rotatable bonds is 8. The highest BCUT2D eigenvalue weighted by Gasteiger charge is 2.14. The molecule has 28 heavy (non-hydrogen) atoms. The van der Waals surface area contributed by atoms with Gasteiger partial charge in [-0.2, -0.15) is 0 Å². The third-order valence-corrected chi connectivity index (χ3v) is 4.49. The van der Waals surface area contributed by atoms with Crippen molar-refractivity contribution in [1.82, 2.24) is 4.90 Å². The molecule has 4 nitrogen and oxygen atoms in total. The number of methoxy groups -OCH3 is 1. The lowest BCUT2D eigenvalue weighted by atomic mass is 10.1. The van der Waals surface area contributed by atoms with Gasteiger partial charge in [0, 0.05) is 13.1 Å². The molecule has 0 saturated carbocycles. The fraction of sp³-hybridized carbons (Fsp3) is 0.208. The van der Waals surface area contributed by atoms with Crippen LogP contribution in [-0.2, 0) is 17.9 Å². The summed E-state index contributed by atoms with van der Waals surface area (Å²) in [6, 6.07) is 26.2. The van der Waals surface area contributed by atoms with E-state index in [0.717, 1.165) is 5.56 Å². The molecule has 0 bridgehead atoms. The molecule has 3 aromatic rings. The molecule has 0 aliphatic heterocycles. The molecule has 3 aromatic carbocycles. The number of hydrogen-bond acceptors (Lipinski definition) is 3. The molecular weight excluding hydrogens is 348 g/mol. The maximum absolute atomic E-state index is 12.8. The fourth-order valence-electron chi connectivity index (χ4n) is 3.16. The molecule has 144 valence electrons. The topological polar surface area (TPSA) is 41.6 Å². The summed E-state index contributed by atoms with van der Waals surface area (Å²) in [6.07, 6.45) is 0. The molecule has 0 unspecified atom stereocenters. The van der Waals surface area contributed by atoms with Crippen molar-refractivity contribution in [2.75, 3.05) is 19.0 Å². The highest BCUT2D eigenvalue weighted by molar-refractivity contribution is 5.93. The Morgan fingerprint density at radius 3 is 2.00 bits per heavy atom. The first-order valence-corrected chi connectivity index (χ1v) is 9.39. The monoisotopic (exact) mass is 374 g/mol. The normalized spacial score (nSPS) is 10.7. The average Bonchev–Trinajstić information content (AvgIpc) is 2.69. The Morgan fingerprint density at radius 2 is 1.46 bits per heavy atom. The highest BCUT2D eigenvalue weighted by atomic mass is 16.5. The standard InChI is InChI=1S/C24H26N2O2/c1-19-13-14-23(28-2)22(15-19)25-24(27)18-26(16-20-9-5-3-6-10-20)17-21-11-7-4-8-12-21/h3-15H,16-18H2,1-2H3,(H,25,27). The zero-order chi connectivity index (χ0) is 19.8. The molecule has 1 N–H and O–H groups in total. The van der Waals surface area contributed by atoms with Gasteiger partial charge in [0.1, 0.15) is 5.75 Å². The molecule has 0 aromatic heterocycles. The van der Waals surface area contributed by atoms with E-state index in [9.17, 15) is 4.79 Å². The predicted octanol–water partition coefficient (Wildman–Crippen LogP) is 4.64. The Kier molecular flexibility index (Phi) is 6.82. The van der Waals surface area contributed by atoms with Crippen molar-refractivity contribution in [2.45, 2.75) is 20.0 Å². The van der Waals surface area contributed by atoms with Gasteiger partial charge in [0.05, 0.1) is 19.3 Å². The van der Waals surface area contributed by atoms with Gasteiger partial charge in [0.2, 0.25) is 5.91 Å². The molecule has 1 amide bonds. The van der Waals surface area contributed by atoms with Crippen LogP contribution in [0, 0.1) is 6.92 Å². The van der Waals surface area contributed by atoms with Crippen LogP contribution in [0.1, 0.15) is 16.7 Å². The minimum atomic E-state index is -0.0595. The summed E-state index contributed by atoms with van der Waals surface area (Å²) in [7, 11) is 1.61. The molecule has 0 heterocycles. The molecular formula is C24H26N2O2. The molecule has 0 aliphatic rings. The average molecular weight is 374 g/mol. The minimum absolute atomic E-state index is 0.0595. The second-order valence-electron chi connectivity index (χ2n) is 6.87. The number of ether oxygens (including phenoxy) is 1. The third kappa shape index (κ3) is 5.69. The van der Waals surface area contributed by atoms with E-state index in [1.54, 1.807) is 7.11 Å². The number of aryl methyl sites for hydroxylation is 1. The number of hydrogen-bond donors (Lipinski definition) is 1. The molecule has 0 radical (unpaired) electrons. The number of nitrogens with zero attached hydrogens (tertiary/aromatic N) is 1.